The Balaban J connectivity index is 2.91. The molecule has 8 heteroatoms. The molecule has 0 saturated heterocycles. The summed E-state index contributed by atoms with van der Waals surface area (Å²) in [5.74, 6) is -1.19. The van der Waals surface area contributed by atoms with Gasteiger partial charge in [-0.1, -0.05) is 0 Å². The monoisotopic (exact) mass is 352 g/mol. The summed E-state index contributed by atoms with van der Waals surface area (Å²) >= 11 is 3.08. The zero-order valence-electron chi connectivity index (χ0n) is 10.5. The number of halogens is 2. The van der Waals surface area contributed by atoms with E-state index in [9.17, 15) is 17.6 Å². The number of hydrogen-bond donors (Lipinski definition) is 1. The molecule has 0 bridgehead atoms. The van der Waals surface area contributed by atoms with Crippen molar-refractivity contribution in [2.24, 2.45) is 0 Å². The first-order chi connectivity index (χ1) is 8.61. The molecule has 0 saturated carbocycles. The molecular formula is C11H14BrFN2O3S. The third-order valence-electron chi connectivity index (χ3n) is 2.46. The lowest BCUT2D eigenvalue weighted by Crippen LogP contribution is -2.31. The van der Waals surface area contributed by atoms with Crippen LogP contribution in [0.15, 0.2) is 16.6 Å². The molecule has 0 aliphatic heterocycles. The number of hydrogen-bond acceptors (Lipinski definition) is 4. The highest BCUT2D eigenvalue weighted by Crippen LogP contribution is 2.23. The molecule has 0 atom stereocenters. The highest BCUT2D eigenvalue weighted by molar-refractivity contribution is 9.10. The summed E-state index contributed by atoms with van der Waals surface area (Å²) in [6, 6.07) is 2.33. The molecule has 0 aliphatic rings. The van der Waals surface area contributed by atoms with Gasteiger partial charge >= 0.3 is 0 Å². The number of nitrogens with two attached hydrogens (primary N) is 1. The first-order valence-electron chi connectivity index (χ1n) is 5.29. The van der Waals surface area contributed by atoms with Gasteiger partial charge in [0.05, 0.1) is 17.0 Å². The fourth-order valence-electron chi connectivity index (χ4n) is 1.34. The van der Waals surface area contributed by atoms with E-state index in [0.29, 0.717) is 0 Å². The third-order valence-corrected chi connectivity index (χ3v) is 4.04. The molecular weight excluding hydrogens is 339 g/mol. The Morgan fingerprint density at radius 2 is 2.05 bits per heavy atom. The van der Waals surface area contributed by atoms with Crippen molar-refractivity contribution >= 4 is 37.4 Å². The zero-order valence-corrected chi connectivity index (χ0v) is 12.9. The highest BCUT2D eigenvalue weighted by atomic mass is 79.9. The van der Waals surface area contributed by atoms with Crippen LogP contribution in [0.3, 0.4) is 0 Å². The van der Waals surface area contributed by atoms with Crippen LogP contribution >= 0.6 is 15.9 Å². The fraction of sp³-hybridized carbons (Fsp3) is 0.364. The Labute approximate surface area is 119 Å². The summed E-state index contributed by atoms with van der Waals surface area (Å²) in [5, 5.41) is 0. The van der Waals surface area contributed by atoms with Gasteiger partial charge in [0, 0.05) is 24.3 Å². The number of nitrogens with zero attached hydrogens (tertiary/aromatic N) is 1. The Hall–Kier alpha value is -1.15. The molecule has 0 fully saturated rings. The minimum atomic E-state index is -3.15. The topological polar surface area (TPSA) is 80.5 Å². The van der Waals surface area contributed by atoms with Crippen molar-refractivity contribution in [1.82, 2.24) is 4.90 Å². The number of benzene rings is 1. The summed E-state index contributed by atoms with van der Waals surface area (Å²) < 4.78 is 35.5. The predicted molar refractivity (Wildman–Crippen MR) is 75.2 cm³/mol. The number of sulfone groups is 1. The molecule has 1 rings (SSSR count). The van der Waals surface area contributed by atoms with Crippen LogP contribution in [0.25, 0.3) is 0 Å². The lowest BCUT2D eigenvalue weighted by atomic mass is 10.1. The summed E-state index contributed by atoms with van der Waals surface area (Å²) in [7, 11) is -1.68. The van der Waals surface area contributed by atoms with Crippen LogP contribution in [0.5, 0.6) is 0 Å². The second-order valence-electron chi connectivity index (χ2n) is 4.21. The highest BCUT2D eigenvalue weighted by Gasteiger charge is 2.18. The number of carbonyl (C=O) groups excluding carboxylic acids is 1. The van der Waals surface area contributed by atoms with E-state index in [-0.39, 0.29) is 28.0 Å². The molecule has 0 aliphatic carbocycles. The number of carbonyl (C=O) groups is 1. The fourth-order valence-corrected chi connectivity index (χ4v) is 2.43. The van der Waals surface area contributed by atoms with E-state index < -0.39 is 21.6 Å². The number of amides is 1. The largest absolute Gasteiger partial charge is 0.396 e. The molecule has 2 N–H and O–H groups in total. The number of anilines is 1. The van der Waals surface area contributed by atoms with Gasteiger partial charge in [-0.25, -0.2) is 12.8 Å². The Kier molecular flexibility index (Phi) is 4.92. The van der Waals surface area contributed by atoms with Crippen molar-refractivity contribution in [2.45, 2.75) is 0 Å². The van der Waals surface area contributed by atoms with E-state index in [2.05, 4.69) is 15.9 Å². The molecule has 1 amide bonds. The lowest BCUT2D eigenvalue weighted by Gasteiger charge is -2.17. The molecule has 5 nitrogen and oxygen atoms in total. The molecule has 19 heavy (non-hydrogen) atoms. The molecule has 0 heterocycles. The maximum absolute atomic E-state index is 13.2. The van der Waals surface area contributed by atoms with Crippen LogP contribution in [0.2, 0.25) is 0 Å². The molecule has 1 aromatic carbocycles. The number of rotatable bonds is 4. The average Bonchev–Trinajstić information content (AvgIpc) is 2.29. The second kappa shape index (κ2) is 5.87. The van der Waals surface area contributed by atoms with E-state index in [1.54, 1.807) is 0 Å². The first kappa shape index (κ1) is 15.9. The quantitative estimate of drug-likeness (QED) is 0.827. The minimum Gasteiger partial charge on any atom is -0.396 e. The van der Waals surface area contributed by atoms with Gasteiger partial charge in [-0.15, -0.1) is 0 Å². The second-order valence-corrected chi connectivity index (χ2v) is 7.32. The Morgan fingerprint density at radius 1 is 1.47 bits per heavy atom. The van der Waals surface area contributed by atoms with Gasteiger partial charge in [-0.2, -0.15) is 0 Å². The van der Waals surface area contributed by atoms with Crippen molar-refractivity contribution < 1.29 is 17.6 Å². The normalized spacial score (nSPS) is 11.4. The molecule has 106 valence electrons. The molecule has 0 radical (unpaired) electrons. The molecule has 0 unspecified atom stereocenters. The van der Waals surface area contributed by atoms with Gasteiger partial charge in [0.1, 0.15) is 15.7 Å². The van der Waals surface area contributed by atoms with Crippen LogP contribution < -0.4 is 5.73 Å². The summed E-state index contributed by atoms with van der Waals surface area (Å²) in [6.45, 7) is 0.0569. The first-order valence-corrected chi connectivity index (χ1v) is 8.15. The van der Waals surface area contributed by atoms with Gasteiger partial charge < -0.3 is 10.6 Å². The van der Waals surface area contributed by atoms with Crippen LogP contribution in [0.4, 0.5) is 10.1 Å². The van der Waals surface area contributed by atoms with Crippen molar-refractivity contribution in [3.63, 3.8) is 0 Å². The molecule has 1 aromatic rings. The maximum Gasteiger partial charge on any atom is 0.254 e. The van der Waals surface area contributed by atoms with Crippen molar-refractivity contribution in [1.29, 1.82) is 0 Å². The number of nitrogen functional groups attached to an aromatic ring is 1. The van der Waals surface area contributed by atoms with Crippen molar-refractivity contribution in [2.75, 3.05) is 31.3 Å². The molecule has 0 aromatic heterocycles. The van der Waals surface area contributed by atoms with Gasteiger partial charge in [0.25, 0.3) is 5.91 Å². The SMILES string of the molecule is CN(CCS(C)(=O)=O)C(=O)c1cc(N)c(F)cc1Br. The molecule has 0 spiro atoms. The maximum atomic E-state index is 13.2. The summed E-state index contributed by atoms with van der Waals surface area (Å²) in [5.41, 5.74) is 5.46. The average molecular weight is 353 g/mol. The van der Waals surface area contributed by atoms with E-state index in [0.717, 1.165) is 12.3 Å². The Morgan fingerprint density at radius 3 is 2.58 bits per heavy atom. The van der Waals surface area contributed by atoms with E-state index in [4.69, 9.17) is 5.73 Å². The Bertz CT molecular complexity index is 604. The van der Waals surface area contributed by atoms with E-state index in [1.807, 2.05) is 0 Å². The van der Waals surface area contributed by atoms with Crippen LogP contribution in [-0.2, 0) is 9.84 Å². The van der Waals surface area contributed by atoms with Crippen LogP contribution in [0.1, 0.15) is 10.4 Å². The van der Waals surface area contributed by atoms with Gasteiger partial charge in [0.2, 0.25) is 0 Å². The zero-order chi connectivity index (χ0) is 14.8. The van der Waals surface area contributed by atoms with Crippen LogP contribution in [0, 0.1) is 5.82 Å². The third kappa shape index (κ3) is 4.46. The smallest absolute Gasteiger partial charge is 0.254 e. The lowest BCUT2D eigenvalue weighted by molar-refractivity contribution is 0.0802. The van der Waals surface area contributed by atoms with E-state index in [1.165, 1.54) is 18.0 Å². The standard InChI is InChI=1S/C11H14BrFN2O3S/c1-15(3-4-19(2,17)18)11(16)7-5-10(14)9(13)6-8(7)12/h5-6H,3-4,14H2,1-2H3. The van der Waals surface area contributed by atoms with Crippen LogP contribution in [-0.4, -0.2) is 44.8 Å². The van der Waals surface area contributed by atoms with E-state index >= 15 is 0 Å². The van der Waals surface area contributed by atoms with Gasteiger partial charge in [-0.05, 0) is 28.1 Å². The summed E-state index contributed by atoms with van der Waals surface area (Å²) in [4.78, 5) is 13.3. The van der Waals surface area contributed by atoms with Crippen molar-refractivity contribution in [3.8, 4) is 0 Å². The predicted octanol–water partition coefficient (Wildman–Crippen LogP) is 1.29. The van der Waals surface area contributed by atoms with Gasteiger partial charge in [0.15, 0.2) is 0 Å². The van der Waals surface area contributed by atoms with Crippen molar-refractivity contribution in [3.05, 3.63) is 28.0 Å². The summed E-state index contributed by atoms with van der Waals surface area (Å²) in [6.07, 6.45) is 1.09. The minimum absolute atomic E-state index is 0.0569. The van der Waals surface area contributed by atoms with Gasteiger partial charge in [-0.3, -0.25) is 4.79 Å².